The Balaban J connectivity index is 3.96. The van der Waals surface area contributed by atoms with E-state index in [9.17, 15) is 4.79 Å². The summed E-state index contributed by atoms with van der Waals surface area (Å²) >= 11 is 0. The highest BCUT2D eigenvalue weighted by atomic mass is 17.1. The Labute approximate surface area is 53.6 Å². The molecule has 0 aromatic carbocycles. The zero-order valence-electron chi connectivity index (χ0n) is 5.13. The molecule has 3 nitrogen and oxygen atoms in total. The number of rotatable bonds is 3. The second-order valence-corrected chi connectivity index (χ2v) is 1.95. The first kappa shape index (κ1) is 8.15. The lowest BCUT2D eigenvalue weighted by Crippen LogP contribution is -2.21. The Kier molecular flexibility index (Phi) is 2.93. The molecule has 9 heavy (non-hydrogen) atoms. The van der Waals surface area contributed by atoms with Gasteiger partial charge in [-0.1, -0.05) is 5.92 Å². The molecule has 0 saturated heterocycles. The molecule has 0 bridgehead atoms. The Hall–Kier alpha value is -0.850. The number of hydrogen-bond donors (Lipinski definition) is 1. The van der Waals surface area contributed by atoms with Crippen molar-refractivity contribution >= 4 is 6.29 Å². The number of carbonyl (C=O) groups excluding carboxylic acids is 1. The molecule has 0 saturated carbocycles. The van der Waals surface area contributed by atoms with Crippen LogP contribution in [-0.4, -0.2) is 18.2 Å². The molecule has 0 heterocycles. The second kappa shape index (κ2) is 3.23. The molecule has 0 radical (unpaired) electrons. The number of hydrogen-bond acceptors (Lipinski definition) is 3. The lowest BCUT2D eigenvalue weighted by atomic mass is 9.96. The molecule has 3 heteroatoms. The molecule has 0 unspecified atom stereocenters. The summed E-state index contributed by atoms with van der Waals surface area (Å²) in [6, 6.07) is 0. The van der Waals surface area contributed by atoms with E-state index in [-0.39, 0.29) is 6.61 Å². The average molecular weight is 128 g/mol. The van der Waals surface area contributed by atoms with Crippen LogP contribution in [0.4, 0.5) is 0 Å². The highest BCUT2D eigenvalue weighted by Gasteiger charge is 2.20. The SMILES string of the molecule is C#C[C@](C)(C=O)COO. The minimum atomic E-state index is -0.991. The molecule has 1 atom stereocenters. The van der Waals surface area contributed by atoms with Gasteiger partial charge < -0.3 is 4.79 Å². The van der Waals surface area contributed by atoms with Crippen LogP contribution >= 0.6 is 0 Å². The quantitative estimate of drug-likeness (QED) is 0.257. The van der Waals surface area contributed by atoms with Crippen molar-refractivity contribution in [2.75, 3.05) is 6.61 Å². The van der Waals surface area contributed by atoms with Gasteiger partial charge in [-0.15, -0.1) is 6.42 Å². The molecular formula is C6H8O3. The third-order valence-corrected chi connectivity index (χ3v) is 0.954. The smallest absolute Gasteiger partial charge is 0.140 e. The summed E-state index contributed by atoms with van der Waals surface area (Å²) < 4.78 is 0. The maximum atomic E-state index is 10.1. The van der Waals surface area contributed by atoms with Gasteiger partial charge in [0, 0.05) is 0 Å². The van der Waals surface area contributed by atoms with E-state index in [4.69, 9.17) is 11.7 Å². The standard InChI is InChI=1S/C6H8O3/c1-3-6(2,4-7)5-9-8/h1,4,8H,5H2,2H3/t6-/m1/s1. The zero-order chi connectivity index (χ0) is 7.33. The van der Waals surface area contributed by atoms with E-state index in [1.54, 1.807) is 0 Å². The Bertz CT molecular complexity index is 136. The summed E-state index contributed by atoms with van der Waals surface area (Å²) in [6.07, 6.45) is 5.49. The van der Waals surface area contributed by atoms with E-state index in [1.807, 2.05) is 0 Å². The van der Waals surface area contributed by atoms with Crippen molar-refractivity contribution in [2.24, 2.45) is 5.41 Å². The van der Waals surface area contributed by atoms with Crippen molar-refractivity contribution in [3.8, 4) is 12.3 Å². The van der Waals surface area contributed by atoms with Crippen LogP contribution in [0.2, 0.25) is 0 Å². The van der Waals surface area contributed by atoms with Crippen LogP contribution in [-0.2, 0) is 9.68 Å². The van der Waals surface area contributed by atoms with Gasteiger partial charge >= 0.3 is 0 Å². The summed E-state index contributed by atoms with van der Waals surface area (Å²) in [5.74, 6) is 2.18. The molecule has 0 aliphatic heterocycles. The minimum absolute atomic E-state index is 0.160. The maximum Gasteiger partial charge on any atom is 0.140 e. The lowest BCUT2D eigenvalue weighted by Gasteiger charge is -2.11. The van der Waals surface area contributed by atoms with Gasteiger partial charge in [0.15, 0.2) is 0 Å². The van der Waals surface area contributed by atoms with Gasteiger partial charge in [0.2, 0.25) is 0 Å². The van der Waals surface area contributed by atoms with Crippen LogP contribution in [0.5, 0.6) is 0 Å². The molecule has 0 rings (SSSR count). The summed E-state index contributed by atoms with van der Waals surface area (Å²) in [5, 5.41) is 7.91. The maximum absolute atomic E-state index is 10.1. The summed E-state index contributed by atoms with van der Waals surface area (Å²) in [5.41, 5.74) is -0.991. The molecule has 0 spiro atoms. The average Bonchev–Trinajstić information content (AvgIpc) is 1.89. The third kappa shape index (κ3) is 2.27. The monoisotopic (exact) mass is 128 g/mol. The van der Waals surface area contributed by atoms with E-state index in [0.29, 0.717) is 6.29 Å². The van der Waals surface area contributed by atoms with Gasteiger partial charge in [-0.3, -0.25) is 5.26 Å². The molecule has 50 valence electrons. The van der Waals surface area contributed by atoms with Crippen LogP contribution in [0.3, 0.4) is 0 Å². The molecule has 0 aromatic heterocycles. The fourth-order valence-electron chi connectivity index (χ4n) is 0.244. The predicted octanol–water partition coefficient (Wildman–Crippen LogP) is 0.314. The predicted molar refractivity (Wildman–Crippen MR) is 31.6 cm³/mol. The Morgan fingerprint density at radius 3 is 2.67 bits per heavy atom. The third-order valence-electron chi connectivity index (χ3n) is 0.954. The van der Waals surface area contributed by atoms with Crippen molar-refractivity contribution in [3.63, 3.8) is 0 Å². The topological polar surface area (TPSA) is 46.5 Å². The first-order chi connectivity index (χ1) is 4.18. The first-order valence-corrected chi connectivity index (χ1v) is 2.39. The highest BCUT2D eigenvalue weighted by Crippen LogP contribution is 2.09. The Morgan fingerprint density at radius 1 is 2.00 bits per heavy atom. The van der Waals surface area contributed by atoms with Gasteiger partial charge in [-0.25, -0.2) is 4.89 Å². The second-order valence-electron chi connectivity index (χ2n) is 1.95. The number of terminal acetylenes is 1. The number of aldehydes is 1. The fraction of sp³-hybridized carbons (Fsp3) is 0.500. The van der Waals surface area contributed by atoms with E-state index in [2.05, 4.69) is 10.8 Å². The summed E-state index contributed by atoms with van der Waals surface area (Å²) in [6.45, 7) is 1.34. The van der Waals surface area contributed by atoms with Gasteiger partial charge in [0.05, 0.1) is 0 Å². The first-order valence-electron chi connectivity index (χ1n) is 2.39. The minimum Gasteiger partial charge on any atom is -0.302 e. The van der Waals surface area contributed by atoms with E-state index < -0.39 is 5.41 Å². The van der Waals surface area contributed by atoms with Crippen LogP contribution < -0.4 is 0 Å². The van der Waals surface area contributed by atoms with Crippen molar-refractivity contribution in [1.29, 1.82) is 0 Å². The molecule has 0 fully saturated rings. The van der Waals surface area contributed by atoms with E-state index >= 15 is 0 Å². The summed E-state index contributed by atoms with van der Waals surface area (Å²) in [7, 11) is 0. The fourth-order valence-corrected chi connectivity index (χ4v) is 0.244. The number of carbonyl (C=O) groups is 1. The highest BCUT2D eigenvalue weighted by molar-refractivity contribution is 5.64. The van der Waals surface area contributed by atoms with Gasteiger partial charge in [-0.05, 0) is 6.92 Å². The molecule has 1 N–H and O–H groups in total. The molecule has 0 amide bonds. The summed E-state index contributed by atoms with van der Waals surface area (Å²) in [4.78, 5) is 13.8. The largest absolute Gasteiger partial charge is 0.302 e. The van der Waals surface area contributed by atoms with Gasteiger partial charge in [0.1, 0.15) is 18.3 Å². The molecule has 0 aromatic rings. The van der Waals surface area contributed by atoms with Crippen molar-refractivity contribution < 1.29 is 14.9 Å². The van der Waals surface area contributed by atoms with E-state index in [0.717, 1.165) is 0 Å². The zero-order valence-corrected chi connectivity index (χ0v) is 5.13. The van der Waals surface area contributed by atoms with Crippen LogP contribution in [0.25, 0.3) is 0 Å². The van der Waals surface area contributed by atoms with Gasteiger partial charge in [0.25, 0.3) is 0 Å². The molecule has 0 aliphatic carbocycles. The van der Waals surface area contributed by atoms with E-state index in [1.165, 1.54) is 6.92 Å². The molecule has 0 aliphatic rings. The van der Waals surface area contributed by atoms with Crippen LogP contribution in [0, 0.1) is 17.8 Å². The van der Waals surface area contributed by atoms with Crippen molar-refractivity contribution in [2.45, 2.75) is 6.92 Å². The van der Waals surface area contributed by atoms with Crippen LogP contribution in [0.15, 0.2) is 0 Å². The normalized spacial score (nSPS) is 15.7. The molecular weight excluding hydrogens is 120 g/mol. The van der Waals surface area contributed by atoms with Crippen molar-refractivity contribution in [1.82, 2.24) is 0 Å². The Morgan fingerprint density at radius 2 is 2.56 bits per heavy atom. The van der Waals surface area contributed by atoms with Crippen molar-refractivity contribution in [3.05, 3.63) is 0 Å². The van der Waals surface area contributed by atoms with Gasteiger partial charge in [-0.2, -0.15) is 0 Å². The lowest BCUT2D eigenvalue weighted by molar-refractivity contribution is -0.253. The van der Waals surface area contributed by atoms with Crippen LogP contribution in [0.1, 0.15) is 6.92 Å².